The number of ketones is 2. The zero-order chi connectivity index (χ0) is 24.7. The summed E-state index contributed by atoms with van der Waals surface area (Å²) in [6.07, 6.45) is 1.07. The molecule has 0 aliphatic rings. The smallest absolute Gasteiger partial charge is 0.305 e. The van der Waals surface area contributed by atoms with Crippen LogP contribution in [0.5, 0.6) is 0 Å². The molecule has 3 aromatic carbocycles. The summed E-state index contributed by atoms with van der Waals surface area (Å²) in [5.74, 6) is -2.26. The summed E-state index contributed by atoms with van der Waals surface area (Å²) in [7, 11) is 0. The number of allylic oxidation sites excluding steroid dienone is 2. The van der Waals surface area contributed by atoms with Crippen LogP contribution in [-0.2, 0) is 4.79 Å². The van der Waals surface area contributed by atoms with Crippen LogP contribution in [0.4, 0.5) is 0 Å². The van der Waals surface area contributed by atoms with Crippen molar-refractivity contribution in [3.05, 3.63) is 111 Å². The Balaban J connectivity index is 1.88. The number of carbonyl (C=O) groups excluding carboxylic acids is 3. The average Bonchev–Trinajstić information content (AvgIpc) is 2.83. The van der Waals surface area contributed by atoms with Crippen LogP contribution in [0.25, 0.3) is 5.57 Å². The highest BCUT2D eigenvalue weighted by Gasteiger charge is 2.18. The van der Waals surface area contributed by atoms with Crippen molar-refractivity contribution < 1.29 is 24.3 Å². The Bertz CT molecular complexity index is 1250. The topological polar surface area (TPSA) is 101 Å². The number of carboxylic acid groups (broad SMARTS) is 1. The van der Waals surface area contributed by atoms with Gasteiger partial charge in [0.15, 0.2) is 11.6 Å². The van der Waals surface area contributed by atoms with Crippen LogP contribution in [0.1, 0.15) is 43.1 Å². The predicted octanol–water partition coefficient (Wildman–Crippen LogP) is 5.35. The summed E-state index contributed by atoms with van der Waals surface area (Å²) in [5, 5.41) is 12.1. The molecule has 0 radical (unpaired) electrons. The highest BCUT2D eigenvalue weighted by molar-refractivity contribution is 6.34. The zero-order valence-corrected chi connectivity index (χ0v) is 19.3. The number of hydrogen-bond acceptors (Lipinski definition) is 4. The van der Waals surface area contributed by atoms with Gasteiger partial charge in [-0.3, -0.25) is 19.2 Å². The number of benzene rings is 3. The Morgan fingerprint density at radius 3 is 1.71 bits per heavy atom. The Morgan fingerprint density at radius 1 is 0.706 bits per heavy atom. The third-order valence-electron chi connectivity index (χ3n) is 4.84. The number of halogens is 2. The summed E-state index contributed by atoms with van der Waals surface area (Å²) in [5.41, 5.74) is 1.59. The lowest BCUT2D eigenvalue weighted by Crippen LogP contribution is -2.26. The minimum absolute atomic E-state index is 0.00882. The molecule has 0 saturated carbocycles. The number of Topliss-reactive ketones (excluding diaryl/α,β-unsaturated/α-hetero) is 1. The van der Waals surface area contributed by atoms with Gasteiger partial charge in [0.25, 0.3) is 5.91 Å². The van der Waals surface area contributed by atoms with Gasteiger partial charge in [-0.2, -0.15) is 0 Å². The molecule has 0 spiro atoms. The van der Waals surface area contributed by atoms with Crippen molar-refractivity contribution in [2.45, 2.75) is 6.42 Å². The minimum atomic E-state index is -1.02. The van der Waals surface area contributed by atoms with Crippen molar-refractivity contribution in [1.29, 1.82) is 0 Å². The van der Waals surface area contributed by atoms with Gasteiger partial charge in [0.1, 0.15) is 0 Å². The molecule has 0 atom stereocenters. The lowest BCUT2D eigenvalue weighted by molar-refractivity contribution is -0.136. The van der Waals surface area contributed by atoms with Crippen LogP contribution < -0.4 is 5.32 Å². The van der Waals surface area contributed by atoms with E-state index >= 15 is 0 Å². The van der Waals surface area contributed by atoms with E-state index in [9.17, 15) is 19.2 Å². The first-order valence-corrected chi connectivity index (χ1v) is 10.9. The van der Waals surface area contributed by atoms with Gasteiger partial charge in [-0.1, -0.05) is 47.5 Å². The highest BCUT2D eigenvalue weighted by atomic mass is 35.5. The van der Waals surface area contributed by atoms with E-state index in [1.807, 2.05) is 0 Å². The summed E-state index contributed by atoms with van der Waals surface area (Å²) in [4.78, 5) is 48.9. The van der Waals surface area contributed by atoms with E-state index in [1.54, 1.807) is 48.5 Å². The van der Waals surface area contributed by atoms with E-state index in [1.165, 1.54) is 30.3 Å². The summed E-state index contributed by atoms with van der Waals surface area (Å²) in [6.45, 7) is -0.00882. The van der Waals surface area contributed by atoms with Crippen molar-refractivity contribution >= 4 is 52.2 Å². The molecule has 3 aromatic rings. The number of nitrogens with one attached hydrogen (secondary N) is 1. The highest BCUT2D eigenvalue weighted by Crippen LogP contribution is 2.23. The van der Waals surface area contributed by atoms with Gasteiger partial charge >= 0.3 is 5.97 Å². The molecule has 0 bridgehead atoms. The fourth-order valence-corrected chi connectivity index (χ4v) is 3.30. The molecule has 6 nitrogen and oxygen atoms in total. The first-order chi connectivity index (χ1) is 16.2. The van der Waals surface area contributed by atoms with E-state index in [-0.39, 0.29) is 35.4 Å². The largest absolute Gasteiger partial charge is 0.481 e. The van der Waals surface area contributed by atoms with E-state index in [4.69, 9.17) is 28.3 Å². The van der Waals surface area contributed by atoms with Gasteiger partial charge in [0, 0.05) is 38.9 Å². The summed E-state index contributed by atoms with van der Waals surface area (Å²) < 4.78 is 0. The van der Waals surface area contributed by atoms with E-state index in [0.29, 0.717) is 21.2 Å². The fourth-order valence-electron chi connectivity index (χ4n) is 3.05. The van der Waals surface area contributed by atoms with Crippen LogP contribution in [0.3, 0.4) is 0 Å². The molecule has 34 heavy (non-hydrogen) atoms. The second kappa shape index (κ2) is 11.4. The zero-order valence-electron chi connectivity index (χ0n) is 17.8. The Hall–Kier alpha value is -3.74. The lowest BCUT2D eigenvalue weighted by atomic mass is 9.94. The number of carbonyl (C=O) groups is 4. The SMILES string of the molecule is O=C(O)CCNC(=O)c1ccc(C(=O)C(=CC(=O)c2ccc(Cl)cc2)c2ccc(Cl)cc2)cc1. The molecular weight excluding hydrogens is 477 g/mol. The van der Waals surface area contributed by atoms with Crippen molar-refractivity contribution in [3.8, 4) is 0 Å². The van der Waals surface area contributed by atoms with Crippen molar-refractivity contribution in [2.75, 3.05) is 6.54 Å². The van der Waals surface area contributed by atoms with Crippen molar-refractivity contribution in [1.82, 2.24) is 5.32 Å². The molecule has 1 amide bonds. The van der Waals surface area contributed by atoms with Crippen molar-refractivity contribution in [3.63, 3.8) is 0 Å². The molecule has 0 aliphatic heterocycles. The van der Waals surface area contributed by atoms with Crippen LogP contribution in [0, 0.1) is 0 Å². The van der Waals surface area contributed by atoms with Crippen LogP contribution in [0.2, 0.25) is 10.0 Å². The Morgan fingerprint density at radius 2 is 1.18 bits per heavy atom. The van der Waals surface area contributed by atoms with Crippen LogP contribution in [-0.4, -0.2) is 35.1 Å². The molecular formula is C26H19Cl2NO5. The summed E-state index contributed by atoms with van der Waals surface area (Å²) >= 11 is 11.9. The average molecular weight is 496 g/mol. The third-order valence-corrected chi connectivity index (χ3v) is 5.34. The number of hydrogen-bond donors (Lipinski definition) is 2. The molecule has 0 saturated heterocycles. The maximum absolute atomic E-state index is 13.3. The number of rotatable bonds is 9. The number of carboxylic acids is 1. The molecule has 3 rings (SSSR count). The second-order valence-corrected chi connectivity index (χ2v) is 8.12. The van der Waals surface area contributed by atoms with Crippen LogP contribution in [0.15, 0.2) is 78.9 Å². The molecule has 2 N–H and O–H groups in total. The van der Waals surface area contributed by atoms with Gasteiger partial charge in [-0.15, -0.1) is 0 Å². The van der Waals surface area contributed by atoms with E-state index in [2.05, 4.69) is 5.32 Å². The maximum atomic E-state index is 13.3. The first kappa shape index (κ1) is 24.9. The van der Waals surface area contributed by atoms with Crippen molar-refractivity contribution in [2.24, 2.45) is 0 Å². The molecule has 8 heteroatoms. The lowest BCUT2D eigenvalue weighted by Gasteiger charge is -2.09. The quantitative estimate of drug-likeness (QED) is 0.308. The van der Waals surface area contributed by atoms with Gasteiger partial charge < -0.3 is 10.4 Å². The molecule has 172 valence electrons. The monoisotopic (exact) mass is 495 g/mol. The Labute approximate surface area is 205 Å². The molecule has 0 aromatic heterocycles. The predicted molar refractivity (Wildman–Crippen MR) is 131 cm³/mol. The van der Waals surface area contributed by atoms with Gasteiger partial charge in [0.05, 0.1) is 6.42 Å². The Kier molecular flexibility index (Phi) is 8.35. The number of amides is 1. The second-order valence-electron chi connectivity index (χ2n) is 7.24. The normalized spacial score (nSPS) is 11.1. The molecule has 0 unspecified atom stereocenters. The molecule has 0 heterocycles. The third kappa shape index (κ3) is 6.63. The van der Waals surface area contributed by atoms with Gasteiger partial charge in [-0.05, 0) is 60.2 Å². The minimum Gasteiger partial charge on any atom is -0.481 e. The van der Waals surface area contributed by atoms with Gasteiger partial charge in [-0.25, -0.2) is 0 Å². The fraction of sp³-hybridized carbons (Fsp3) is 0.0769. The van der Waals surface area contributed by atoms with E-state index < -0.39 is 17.7 Å². The summed E-state index contributed by atoms with van der Waals surface area (Å²) in [6, 6.07) is 18.7. The van der Waals surface area contributed by atoms with E-state index in [0.717, 1.165) is 0 Å². The van der Waals surface area contributed by atoms with Crippen LogP contribution >= 0.6 is 23.2 Å². The standard InChI is InChI=1S/C26H19Cl2NO5/c27-20-9-5-16(6-10-20)22(15-23(30)17-7-11-21(28)12-8-17)25(33)18-1-3-19(4-2-18)26(34)29-14-13-24(31)32/h1-12,15H,13-14H2,(H,29,34)(H,31,32). The molecule has 0 aliphatic carbocycles. The van der Waals surface area contributed by atoms with Gasteiger partial charge in [0.2, 0.25) is 0 Å². The number of aliphatic carboxylic acids is 1. The molecule has 0 fully saturated rings. The maximum Gasteiger partial charge on any atom is 0.305 e. The first-order valence-electron chi connectivity index (χ1n) is 10.2.